The van der Waals surface area contributed by atoms with Crippen LogP contribution in [0.1, 0.15) is 25.7 Å². The van der Waals surface area contributed by atoms with Gasteiger partial charge in [-0.25, -0.2) is 0 Å². The van der Waals surface area contributed by atoms with E-state index in [2.05, 4.69) is 10.2 Å². The smallest absolute Gasteiger partial charge is 0.227 e. The number of likely N-dealkylation sites (tertiary alicyclic amines) is 1. The molecule has 25 heavy (non-hydrogen) atoms. The van der Waals surface area contributed by atoms with E-state index in [-0.39, 0.29) is 24.2 Å². The summed E-state index contributed by atoms with van der Waals surface area (Å²) in [6.45, 7) is 4.52. The molecule has 2 saturated heterocycles. The SMILES string of the molecule is COc1cccc(N2CC(C(=O)NCCCN3CCCC3)CC2=O)c1. The van der Waals surface area contributed by atoms with Crippen molar-refractivity contribution in [3.63, 3.8) is 0 Å². The molecule has 2 amide bonds. The number of anilines is 1. The molecule has 2 fully saturated rings. The van der Waals surface area contributed by atoms with Gasteiger partial charge in [-0.1, -0.05) is 6.07 Å². The minimum Gasteiger partial charge on any atom is -0.497 e. The molecule has 1 aromatic rings. The van der Waals surface area contributed by atoms with Gasteiger partial charge in [0.1, 0.15) is 5.75 Å². The Morgan fingerprint density at radius 1 is 1.32 bits per heavy atom. The van der Waals surface area contributed by atoms with E-state index in [1.165, 1.54) is 25.9 Å². The van der Waals surface area contributed by atoms with E-state index in [9.17, 15) is 9.59 Å². The van der Waals surface area contributed by atoms with Crippen LogP contribution in [0.25, 0.3) is 0 Å². The van der Waals surface area contributed by atoms with Gasteiger partial charge in [0.25, 0.3) is 0 Å². The molecule has 6 heteroatoms. The second-order valence-corrected chi connectivity index (χ2v) is 6.80. The number of nitrogens with one attached hydrogen (secondary N) is 1. The second kappa shape index (κ2) is 8.34. The molecule has 2 aliphatic rings. The quantitative estimate of drug-likeness (QED) is 0.764. The predicted octanol–water partition coefficient (Wildman–Crippen LogP) is 1.65. The highest BCUT2D eigenvalue weighted by molar-refractivity contribution is 6.00. The highest BCUT2D eigenvalue weighted by Gasteiger charge is 2.35. The molecule has 2 heterocycles. The van der Waals surface area contributed by atoms with Gasteiger partial charge in [0.05, 0.1) is 13.0 Å². The fraction of sp³-hybridized carbons (Fsp3) is 0.579. The molecule has 1 N–H and O–H groups in total. The summed E-state index contributed by atoms with van der Waals surface area (Å²) in [6, 6.07) is 7.40. The Bertz CT molecular complexity index is 614. The number of rotatable bonds is 7. The molecule has 0 aliphatic carbocycles. The number of benzene rings is 1. The van der Waals surface area contributed by atoms with Crippen LogP contribution in [0.15, 0.2) is 24.3 Å². The highest BCUT2D eigenvalue weighted by Crippen LogP contribution is 2.27. The molecule has 1 aromatic carbocycles. The van der Waals surface area contributed by atoms with E-state index in [0.717, 1.165) is 18.7 Å². The van der Waals surface area contributed by atoms with Crippen LogP contribution in [0.4, 0.5) is 5.69 Å². The normalized spacial score (nSPS) is 20.9. The average Bonchev–Trinajstić information content (AvgIpc) is 3.28. The van der Waals surface area contributed by atoms with Gasteiger partial charge in [-0.05, 0) is 51.0 Å². The summed E-state index contributed by atoms with van der Waals surface area (Å²) < 4.78 is 5.21. The number of ether oxygens (including phenoxy) is 1. The first-order valence-corrected chi connectivity index (χ1v) is 9.12. The van der Waals surface area contributed by atoms with Gasteiger partial charge in [0.15, 0.2) is 0 Å². The van der Waals surface area contributed by atoms with Crippen molar-refractivity contribution in [1.82, 2.24) is 10.2 Å². The molecule has 2 aliphatic heterocycles. The van der Waals surface area contributed by atoms with Gasteiger partial charge in [-0.15, -0.1) is 0 Å². The van der Waals surface area contributed by atoms with Crippen molar-refractivity contribution in [2.45, 2.75) is 25.7 Å². The maximum atomic E-state index is 12.4. The molecule has 0 aromatic heterocycles. The van der Waals surface area contributed by atoms with Gasteiger partial charge in [0.2, 0.25) is 11.8 Å². The molecule has 136 valence electrons. The van der Waals surface area contributed by atoms with Crippen molar-refractivity contribution >= 4 is 17.5 Å². The summed E-state index contributed by atoms with van der Waals surface area (Å²) in [6.07, 6.45) is 3.81. The molecule has 0 saturated carbocycles. The molecule has 0 bridgehead atoms. The lowest BCUT2D eigenvalue weighted by molar-refractivity contribution is -0.126. The third kappa shape index (κ3) is 4.51. The van der Waals surface area contributed by atoms with Gasteiger partial charge in [-0.3, -0.25) is 9.59 Å². The Morgan fingerprint density at radius 2 is 2.12 bits per heavy atom. The average molecular weight is 345 g/mol. The zero-order valence-corrected chi connectivity index (χ0v) is 14.9. The zero-order valence-electron chi connectivity index (χ0n) is 14.9. The van der Waals surface area contributed by atoms with Crippen molar-refractivity contribution < 1.29 is 14.3 Å². The summed E-state index contributed by atoms with van der Waals surface area (Å²) in [4.78, 5) is 28.8. The van der Waals surface area contributed by atoms with Gasteiger partial charge in [-0.2, -0.15) is 0 Å². The van der Waals surface area contributed by atoms with Crippen LogP contribution in [0, 0.1) is 5.92 Å². The van der Waals surface area contributed by atoms with E-state index in [4.69, 9.17) is 4.74 Å². The Hall–Kier alpha value is -2.08. The van der Waals surface area contributed by atoms with E-state index in [0.29, 0.717) is 18.8 Å². The Balaban J connectivity index is 1.46. The van der Waals surface area contributed by atoms with Crippen molar-refractivity contribution in [3.8, 4) is 5.75 Å². The first-order valence-electron chi connectivity index (χ1n) is 9.12. The number of nitrogens with zero attached hydrogens (tertiary/aromatic N) is 2. The number of methoxy groups -OCH3 is 1. The van der Waals surface area contributed by atoms with E-state index in [1.54, 1.807) is 12.0 Å². The van der Waals surface area contributed by atoms with Crippen LogP contribution in [0.2, 0.25) is 0 Å². The molecule has 1 unspecified atom stereocenters. The van der Waals surface area contributed by atoms with Crippen LogP contribution in [0.3, 0.4) is 0 Å². The lowest BCUT2D eigenvalue weighted by Crippen LogP contribution is -2.34. The van der Waals surface area contributed by atoms with E-state index in [1.807, 2.05) is 24.3 Å². The summed E-state index contributed by atoms with van der Waals surface area (Å²) in [5.41, 5.74) is 0.786. The van der Waals surface area contributed by atoms with Crippen molar-refractivity contribution in [2.24, 2.45) is 5.92 Å². The maximum Gasteiger partial charge on any atom is 0.227 e. The first kappa shape index (κ1) is 17.7. The van der Waals surface area contributed by atoms with Crippen molar-refractivity contribution in [3.05, 3.63) is 24.3 Å². The van der Waals surface area contributed by atoms with Crippen LogP contribution >= 0.6 is 0 Å². The van der Waals surface area contributed by atoms with Crippen LogP contribution in [-0.2, 0) is 9.59 Å². The first-order chi connectivity index (χ1) is 12.2. The minimum absolute atomic E-state index is 0.00882. The summed E-state index contributed by atoms with van der Waals surface area (Å²) in [5, 5.41) is 2.99. The third-order valence-electron chi connectivity index (χ3n) is 5.01. The fourth-order valence-electron chi connectivity index (χ4n) is 3.58. The molecular formula is C19H27N3O3. The van der Waals surface area contributed by atoms with Gasteiger partial charge < -0.3 is 19.9 Å². The lowest BCUT2D eigenvalue weighted by Gasteiger charge is -2.18. The molecule has 6 nitrogen and oxygen atoms in total. The summed E-state index contributed by atoms with van der Waals surface area (Å²) >= 11 is 0. The summed E-state index contributed by atoms with van der Waals surface area (Å²) in [5.74, 6) is 0.413. The molecule has 3 rings (SSSR count). The van der Waals surface area contributed by atoms with Crippen LogP contribution < -0.4 is 15.0 Å². The van der Waals surface area contributed by atoms with Gasteiger partial charge >= 0.3 is 0 Å². The number of carbonyl (C=O) groups is 2. The molecule has 1 atom stereocenters. The number of carbonyl (C=O) groups excluding carboxylic acids is 2. The highest BCUT2D eigenvalue weighted by atomic mass is 16.5. The van der Waals surface area contributed by atoms with Crippen LogP contribution in [0.5, 0.6) is 5.75 Å². The topological polar surface area (TPSA) is 61.9 Å². The fourth-order valence-corrected chi connectivity index (χ4v) is 3.58. The number of amides is 2. The second-order valence-electron chi connectivity index (χ2n) is 6.80. The lowest BCUT2D eigenvalue weighted by atomic mass is 10.1. The Labute approximate surface area is 149 Å². The third-order valence-corrected chi connectivity index (χ3v) is 5.01. The van der Waals surface area contributed by atoms with E-state index < -0.39 is 0 Å². The monoisotopic (exact) mass is 345 g/mol. The Kier molecular flexibility index (Phi) is 5.91. The Morgan fingerprint density at radius 3 is 2.88 bits per heavy atom. The van der Waals surface area contributed by atoms with Gasteiger partial charge in [0, 0.05) is 31.3 Å². The van der Waals surface area contributed by atoms with E-state index >= 15 is 0 Å². The largest absolute Gasteiger partial charge is 0.497 e. The molecule has 0 radical (unpaired) electrons. The standard InChI is InChI=1S/C19H27N3O3/c1-25-17-7-4-6-16(13-17)22-14-15(12-18(22)23)19(24)20-8-5-11-21-9-2-3-10-21/h4,6-7,13,15H,2-3,5,8-12,14H2,1H3,(H,20,24). The zero-order chi connectivity index (χ0) is 17.6. The van der Waals surface area contributed by atoms with Crippen molar-refractivity contribution in [1.29, 1.82) is 0 Å². The summed E-state index contributed by atoms with van der Waals surface area (Å²) in [7, 11) is 1.60. The molecular weight excluding hydrogens is 318 g/mol. The maximum absolute atomic E-state index is 12.4. The minimum atomic E-state index is -0.273. The molecule has 0 spiro atoms. The predicted molar refractivity (Wildman–Crippen MR) is 96.8 cm³/mol. The number of hydrogen-bond acceptors (Lipinski definition) is 4. The van der Waals surface area contributed by atoms with Crippen molar-refractivity contribution in [2.75, 3.05) is 44.7 Å². The number of hydrogen-bond donors (Lipinski definition) is 1. The van der Waals surface area contributed by atoms with Crippen LogP contribution in [-0.4, -0.2) is 56.5 Å².